The van der Waals surface area contributed by atoms with Crippen molar-refractivity contribution >= 4 is 5.91 Å². The first-order valence-corrected chi connectivity index (χ1v) is 7.71. The van der Waals surface area contributed by atoms with Crippen molar-refractivity contribution in [2.75, 3.05) is 7.11 Å². The second-order valence-electron chi connectivity index (χ2n) is 5.32. The van der Waals surface area contributed by atoms with E-state index in [4.69, 9.17) is 4.74 Å². The molecule has 0 saturated carbocycles. The molecule has 0 atom stereocenters. The van der Waals surface area contributed by atoms with Gasteiger partial charge in [-0.05, 0) is 42.5 Å². The topological polar surface area (TPSA) is 38.3 Å². The third-order valence-corrected chi connectivity index (χ3v) is 3.61. The van der Waals surface area contributed by atoms with Gasteiger partial charge >= 0.3 is 0 Å². The van der Waals surface area contributed by atoms with E-state index in [1.165, 1.54) is 5.56 Å². The Bertz CT molecular complexity index is 564. The maximum Gasteiger partial charge on any atom is 0.220 e. The number of ether oxygens (including phenoxy) is 1. The SMILES string of the molecule is COc1ccc(CNC(=O)CCCCc2ccccc2)cc1. The summed E-state index contributed by atoms with van der Waals surface area (Å²) in [5.74, 6) is 0.944. The Labute approximate surface area is 132 Å². The summed E-state index contributed by atoms with van der Waals surface area (Å²) >= 11 is 0. The van der Waals surface area contributed by atoms with Gasteiger partial charge in [0.2, 0.25) is 5.91 Å². The van der Waals surface area contributed by atoms with E-state index in [-0.39, 0.29) is 5.91 Å². The van der Waals surface area contributed by atoms with E-state index in [0.29, 0.717) is 13.0 Å². The largest absolute Gasteiger partial charge is 0.497 e. The smallest absolute Gasteiger partial charge is 0.220 e. The number of aryl methyl sites for hydroxylation is 1. The van der Waals surface area contributed by atoms with Crippen LogP contribution in [0, 0.1) is 0 Å². The molecule has 0 radical (unpaired) electrons. The highest BCUT2D eigenvalue weighted by atomic mass is 16.5. The molecule has 0 fully saturated rings. The van der Waals surface area contributed by atoms with Gasteiger partial charge in [-0.2, -0.15) is 0 Å². The number of unbranched alkanes of at least 4 members (excludes halogenated alkanes) is 1. The molecule has 22 heavy (non-hydrogen) atoms. The van der Waals surface area contributed by atoms with Crippen LogP contribution in [-0.2, 0) is 17.8 Å². The summed E-state index contributed by atoms with van der Waals surface area (Å²) in [6.07, 6.45) is 3.58. The summed E-state index contributed by atoms with van der Waals surface area (Å²) in [7, 11) is 1.65. The van der Waals surface area contributed by atoms with Crippen LogP contribution < -0.4 is 10.1 Å². The molecule has 1 N–H and O–H groups in total. The first kappa shape index (κ1) is 16.1. The Balaban J connectivity index is 1.61. The molecule has 0 aliphatic rings. The number of rotatable bonds is 8. The molecule has 0 bridgehead atoms. The van der Waals surface area contributed by atoms with Crippen molar-refractivity contribution < 1.29 is 9.53 Å². The number of hydrogen-bond acceptors (Lipinski definition) is 2. The van der Waals surface area contributed by atoms with Gasteiger partial charge in [0.25, 0.3) is 0 Å². The van der Waals surface area contributed by atoms with Crippen LogP contribution in [0.4, 0.5) is 0 Å². The molecule has 0 spiro atoms. The molecule has 2 rings (SSSR count). The van der Waals surface area contributed by atoms with E-state index in [2.05, 4.69) is 29.6 Å². The van der Waals surface area contributed by atoms with Crippen LogP contribution in [-0.4, -0.2) is 13.0 Å². The van der Waals surface area contributed by atoms with Crippen LogP contribution in [0.2, 0.25) is 0 Å². The molecular formula is C19H23NO2. The third-order valence-electron chi connectivity index (χ3n) is 3.61. The number of amides is 1. The minimum absolute atomic E-state index is 0.115. The van der Waals surface area contributed by atoms with Gasteiger partial charge in [0, 0.05) is 13.0 Å². The van der Waals surface area contributed by atoms with E-state index in [1.807, 2.05) is 30.3 Å². The molecule has 0 aliphatic carbocycles. The Morgan fingerprint density at radius 2 is 1.68 bits per heavy atom. The predicted molar refractivity (Wildman–Crippen MR) is 88.8 cm³/mol. The van der Waals surface area contributed by atoms with Gasteiger partial charge in [0.05, 0.1) is 7.11 Å². The van der Waals surface area contributed by atoms with Crippen molar-refractivity contribution in [1.82, 2.24) is 5.32 Å². The summed E-state index contributed by atoms with van der Waals surface area (Å²) in [5.41, 5.74) is 2.42. The second-order valence-corrected chi connectivity index (χ2v) is 5.32. The van der Waals surface area contributed by atoms with Crippen molar-refractivity contribution in [3.63, 3.8) is 0 Å². The number of methoxy groups -OCH3 is 1. The van der Waals surface area contributed by atoms with Gasteiger partial charge in [0.15, 0.2) is 0 Å². The minimum Gasteiger partial charge on any atom is -0.497 e. The Hall–Kier alpha value is -2.29. The molecule has 0 saturated heterocycles. The summed E-state index contributed by atoms with van der Waals surface area (Å²) in [5, 5.41) is 2.96. The fourth-order valence-electron chi connectivity index (χ4n) is 2.29. The maximum absolute atomic E-state index is 11.8. The van der Waals surface area contributed by atoms with Crippen molar-refractivity contribution in [2.24, 2.45) is 0 Å². The van der Waals surface area contributed by atoms with Crippen molar-refractivity contribution in [3.8, 4) is 5.75 Å². The summed E-state index contributed by atoms with van der Waals surface area (Å²) in [6, 6.07) is 18.1. The number of carbonyl (C=O) groups is 1. The highest BCUT2D eigenvalue weighted by Gasteiger charge is 2.02. The minimum atomic E-state index is 0.115. The van der Waals surface area contributed by atoms with Gasteiger partial charge in [-0.1, -0.05) is 42.5 Å². The number of carbonyl (C=O) groups excluding carboxylic acids is 1. The summed E-state index contributed by atoms with van der Waals surface area (Å²) in [6.45, 7) is 0.571. The number of hydrogen-bond donors (Lipinski definition) is 1. The van der Waals surface area contributed by atoms with Gasteiger partial charge in [0.1, 0.15) is 5.75 Å². The van der Waals surface area contributed by atoms with Gasteiger partial charge in [-0.3, -0.25) is 4.79 Å². The lowest BCUT2D eigenvalue weighted by molar-refractivity contribution is -0.121. The molecule has 0 aliphatic heterocycles. The molecule has 2 aromatic carbocycles. The highest BCUT2D eigenvalue weighted by Crippen LogP contribution is 2.11. The monoisotopic (exact) mass is 297 g/mol. The average molecular weight is 297 g/mol. The zero-order valence-corrected chi connectivity index (χ0v) is 13.0. The molecule has 3 nitrogen and oxygen atoms in total. The van der Waals surface area contributed by atoms with E-state index < -0.39 is 0 Å². The molecular weight excluding hydrogens is 274 g/mol. The second kappa shape index (κ2) is 8.88. The van der Waals surface area contributed by atoms with E-state index in [0.717, 1.165) is 30.6 Å². The van der Waals surface area contributed by atoms with Crippen LogP contribution in [0.25, 0.3) is 0 Å². The lowest BCUT2D eigenvalue weighted by Gasteiger charge is -2.06. The van der Waals surface area contributed by atoms with E-state index in [9.17, 15) is 4.79 Å². The Kier molecular flexibility index (Phi) is 6.49. The molecule has 0 aromatic heterocycles. The lowest BCUT2D eigenvalue weighted by atomic mass is 10.1. The number of nitrogens with one attached hydrogen (secondary N) is 1. The molecule has 0 heterocycles. The lowest BCUT2D eigenvalue weighted by Crippen LogP contribution is -2.22. The fraction of sp³-hybridized carbons (Fsp3) is 0.316. The molecule has 116 valence electrons. The van der Waals surface area contributed by atoms with Gasteiger partial charge in [-0.15, -0.1) is 0 Å². The zero-order chi connectivity index (χ0) is 15.6. The first-order chi connectivity index (χ1) is 10.8. The van der Waals surface area contributed by atoms with Crippen LogP contribution >= 0.6 is 0 Å². The zero-order valence-electron chi connectivity index (χ0n) is 13.0. The normalized spacial score (nSPS) is 10.2. The Morgan fingerprint density at radius 1 is 0.955 bits per heavy atom. The van der Waals surface area contributed by atoms with Crippen molar-refractivity contribution in [1.29, 1.82) is 0 Å². The summed E-state index contributed by atoms with van der Waals surface area (Å²) < 4.78 is 5.11. The van der Waals surface area contributed by atoms with Crippen LogP contribution in [0.3, 0.4) is 0 Å². The van der Waals surface area contributed by atoms with Crippen LogP contribution in [0.15, 0.2) is 54.6 Å². The van der Waals surface area contributed by atoms with Gasteiger partial charge < -0.3 is 10.1 Å². The fourth-order valence-corrected chi connectivity index (χ4v) is 2.29. The van der Waals surface area contributed by atoms with Crippen LogP contribution in [0.1, 0.15) is 30.4 Å². The van der Waals surface area contributed by atoms with E-state index in [1.54, 1.807) is 7.11 Å². The van der Waals surface area contributed by atoms with Gasteiger partial charge in [-0.25, -0.2) is 0 Å². The standard InChI is InChI=1S/C19H23NO2/c1-22-18-13-11-17(12-14-18)15-20-19(21)10-6-5-9-16-7-3-2-4-8-16/h2-4,7-8,11-14H,5-6,9-10,15H2,1H3,(H,20,21). The van der Waals surface area contributed by atoms with Crippen LogP contribution in [0.5, 0.6) is 5.75 Å². The maximum atomic E-state index is 11.8. The highest BCUT2D eigenvalue weighted by molar-refractivity contribution is 5.75. The van der Waals surface area contributed by atoms with Crippen molar-refractivity contribution in [3.05, 3.63) is 65.7 Å². The molecule has 1 amide bonds. The first-order valence-electron chi connectivity index (χ1n) is 7.71. The number of benzene rings is 2. The third kappa shape index (κ3) is 5.60. The van der Waals surface area contributed by atoms with E-state index >= 15 is 0 Å². The average Bonchev–Trinajstić information content (AvgIpc) is 2.58. The quantitative estimate of drug-likeness (QED) is 0.754. The molecule has 2 aromatic rings. The van der Waals surface area contributed by atoms with Crippen molar-refractivity contribution in [2.45, 2.75) is 32.2 Å². The predicted octanol–water partition coefficient (Wildman–Crippen LogP) is 3.72. The molecule has 3 heteroatoms. The Morgan fingerprint density at radius 3 is 2.36 bits per heavy atom. The summed E-state index contributed by atoms with van der Waals surface area (Å²) in [4.78, 5) is 11.8. The molecule has 0 unspecified atom stereocenters.